The highest BCUT2D eigenvalue weighted by molar-refractivity contribution is 6.35. The molecule has 1 aromatic carbocycles. The SMILES string of the molecule is CCOC(=O)CCNC(=O)N[C@H](C)c1ccc(Cl)cc1Cl. The van der Waals surface area contributed by atoms with Crippen LogP contribution in [0.2, 0.25) is 10.0 Å². The number of carbonyl (C=O) groups excluding carboxylic acids is 2. The minimum absolute atomic E-state index is 0.136. The fourth-order valence-electron chi connectivity index (χ4n) is 1.69. The Kier molecular flexibility index (Phi) is 7.32. The van der Waals surface area contributed by atoms with E-state index in [4.69, 9.17) is 27.9 Å². The molecule has 5 nitrogen and oxygen atoms in total. The molecule has 7 heteroatoms. The van der Waals surface area contributed by atoms with Gasteiger partial charge in [0.2, 0.25) is 0 Å². The first-order valence-corrected chi connectivity index (χ1v) is 7.34. The van der Waals surface area contributed by atoms with Gasteiger partial charge < -0.3 is 15.4 Å². The summed E-state index contributed by atoms with van der Waals surface area (Å²) in [7, 11) is 0. The van der Waals surface area contributed by atoms with E-state index in [9.17, 15) is 9.59 Å². The maximum Gasteiger partial charge on any atom is 0.315 e. The zero-order valence-corrected chi connectivity index (χ0v) is 13.4. The zero-order chi connectivity index (χ0) is 15.8. The van der Waals surface area contributed by atoms with Crippen molar-refractivity contribution in [2.75, 3.05) is 13.2 Å². The van der Waals surface area contributed by atoms with Crippen LogP contribution in [0.5, 0.6) is 0 Å². The van der Waals surface area contributed by atoms with Crippen LogP contribution < -0.4 is 10.6 Å². The molecule has 116 valence electrons. The molecule has 2 amide bonds. The minimum atomic E-state index is -0.377. The van der Waals surface area contributed by atoms with Crippen molar-refractivity contribution >= 4 is 35.2 Å². The predicted octanol–water partition coefficient (Wildman–Crippen LogP) is 3.31. The van der Waals surface area contributed by atoms with Crippen LogP contribution in [-0.2, 0) is 9.53 Å². The van der Waals surface area contributed by atoms with Gasteiger partial charge in [-0.3, -0.25) is 4.79 Å². The normalized spacial score (nSPS) is 11.6. The lowest BCUT2D eigenvalue weighted by atomic mass is 10.1. The third-order valence-electron chi connectivity index (χ3n) is 2.70. The molecule has 0 unspecified atom stereocenters. The molecular weight excluding hydrogens is 315 g/mol. The molecule has 0 saturated carbocycles. The van der Waals surface area contributed by atoms with Gasteiger partial charge in [0.25, 0.3) is 0 Å². The summed E-state index contributed by atoms with van der Waals surface area (Å²) in [6.45, 7) is 4.08. The van der Waals surface area contributed by atoms with Crippen molar-refractivity contribution in [3.8, 4) is 0 Å². The molecule has 0 bridgehead atoms. The Hall–Kier alpha value is -1.46. The van der Waals surface area contributed by atoms with Crippen molar-refractivity contribution < 1.29 is 14.3 Å². The topological polar surface area (TPSA) is 67.4 Å². The average molecular weight is 333 g/mol. The molecule has 1 aromatic rings. The minimum Gasteiger partial charge on any atom is -0.466 e. The standard InChI is InChI=1S/C14H18Cl2N2O3/c1-3-21-13(19)6-7-17-14(20)18-9(2)11-5-4-10(15)8-12(11)16/h4-5,8-9H,3,6-7H2,1-2H3,(H2,17,18,20)/t9-/m1/s1. The summed E-state index contributed by atoms with van der Waals surface area (Å²) in [5.41, 5.74) is 0.765. The summed E-state index contributed by atoms with van der Waals surface area (Å²) in [4.78, 5) is 22.8. The maximum atomic E-state index is 11.7. The number of ether oxygens (including phenoxy) is 1. The van der Waals surface area contributed by atoms with Crippen molar-refractivity contribution in [1.82, 2.24) is 10.6 Å². The molecule has 21 heavy (non-hydrogen) atoms. The highest BCUT2D eigenvalue weighted by atomic mass is 35.5. The molecule has 1 rings (SSSR count). The van der Waals surface area contributed by atoms with Gasteiger partial charge in [0.1, 0.15) is 0 Å². The van der Waals surface area contributed by atoms with E-state index in [-0.39, 0.29) is 31.0 Å². The highest BCUT2D eigenvalue weighted by Gasteiger charge is 2.13. The molecule has 0 fully saturated rings. The maximum absolute atomic E-state index is 11.7. The van der Waals surface area contributed by atoms with E-state index >= 15 is 0 Å². The van der Waals surface area contributed by atoms with Crippen molar-refractivity contribution in [3.63, 3.8) is 0 Å². The van der Waals surface area contributed by atoms with E-state index in [1.54, 1.807) is 32.0 Å². The lowest BCUT2D eigenvalue weighted by Crippen LogP contribution is -2.38. The second-order valence-electron chi connectivity index (χ2n) is 4.34. The first-order valence-electron chi connectivity index (χ1n) is 6.59. The number of hydrogen-bond donors (Lipinski definition) is 2. The molecular formula is C14H18Cl2N2O3. The van der Waals surface area contributed by atoms with Crippen LogP contribution in [0.25, 0.3) is 0 Å². The third-order valence-corrected chi connectivity index (χ3v) is 3.26. The largest absolute Gasteiger partial charge is 0.466 e. The number of esters is 1. The quantitative estimate of drug-likeness (QED) is 0.785. The van der Waals surface area contributed by atoms with Gasteiger partial charge >= 0.3 is 12.0 Å². The molecule has 0 spiro atoms. The second kappa shape index (κ2) is 8.74. The Balaban J connectivity index is 2.42. The molecule has 0 aromatic heterocycles. The van der Waals surface area contributed by atoms with E-state index in [1.165, 1.54) is 0 Å². The van der Waals surface area contributed by atoms with Crippen LogP contribution in [0.15, 0.2) is 18.2 Å². The molecule has 0 aliphatic carbocycles. The van der Waals surface area contributed by atoms with Crippen LogP contribution in [0, 0.1) is 0 Å². The fraction of sp³-hybridized carbons (Fsp3) is 0.429. The molecule has 0 heterocycles. The number of benzene rings is 1. The number of urea groups is 1. The summed E-state index contributed by atoms with van der Waals surface area (Å²) >= 11 is 11.9. The Labute approximate surface area is 133 Å². The van der Waals surface area contributed by atoms with Gasteiger partial charge in [0.05, 0.1) is 19.1 Å². The van der Waals surface area contributed by atoms with E-state index in [1.807, 2.05) is 0 Å². The number of nitrogens with one attached hydrogen (secondary N) is 2. The van der Waals surface area contributed by atoms with Crippen molar-refractivity contribution in [2.45, 2.75) is 26.3 Å². The van der Waals surface area contributed by atoms with Crippen LogP contribution in [0.1, 0.15) is 31.9 Å². The summed E-state index contributed by atoms with van der Waals surface area (Å²) < 4.78 is 4.76. The van der Waals surface area contributed by atoms with Crippen LogP contribution in [0.4, 0.5) is 4.79 Å². The monoisotopic (exact) mass is 332 g/mol. The fourth-order valence-corrected chi connectivity index (χ4v) is 2.26. The molecule has 0 radical (unpaired) electrons. The van der Waals surface area contributed by atoms with Crippen molar-refractivity contribution in [1.29, 1.82) is 0 Å². The second-order valence-corrected chi connectivity index (χ2v) is 5.19. The number of carbonyl (C=O) groups is 2. The van der Waals surface area contributed by atoms with Crippen LogP contribution >= 0.6 is 23.2 Å². The van der Waals surface area contributed by atoms with E-state index < -0.39 is 0 Å². The van der Waals surface area contributed by atoms with Gasteiger partial charge in [-0.25, -0.2) is 4.79 Å². The molecule has 2 N–H and O–H groups in total. The van der Waals surface area contributed by atoms with Crippen LogP contribution in [-0.4, -0.2) is 25.2 Å². The Morgan fingerprint density at radius 1 is 1.33 bits per heavy atom. The first kappa shape index (κ1) is 17.6. The lowest BCUT2D eigenvalue weighted by molar-refractivity contribution is -0.142. The van der Waals surface area contributed by atoms with Crippen molar-refractivity contribution in [3.05, 3.63) is 33.8 Å². The Bertz CT molecular complexity index is 509. The van der Waals surface area contributed by atoms with Gasteiger partial charge in [-0.1, -0.05) is 29.3 Å². The first-order chi connectivity index (χ1) is 9.93. The molecule has 0 aliphatic rings. The van der Waals surface area contributed by atoms with E-state index in [0.717, 1.165) is 5.56 Å². The Morgan fingerprint density at radius 2 is 2.05 bits per heavy atom. The van der Waals surface area contributed by atoms with Gasteiger partial charge in [-0.05, 0) is 31.5 Å². The lowest BCUT2D eigenvalue weighted by Gasteiger charge is -2.16. The van der Waals surface area contributed by atoms with Gasteiger partial charge in [0.15, 0.2) is 0 Å². The smallest absolute Gasteiger partial charge is 0.315 e. The van der Waals surface area contributed by atoms with Crippen molar-refractivity contribution in [2.24, 2.45) is 0 Å². The third kappa shape index (κ3) is 6.23. The molecule has 1 atom stereocenters. The van der Waals surface area contributed by atoms with Gasteiger partial charge in [0, 0.05) is 16.6 Å². The van der Waals surface area contributed by atoms with E-state index in [0.29, 0.717) is 16.7 Å². The van der Waals surface area contributed by atoms with Crippen LogP contribution in [0.3, 0.4) is 0 Å². The predicted molar refractivity (Wildman–Crippen MR) is 82.7 cm³/mol. The number of halogens is 2. The number of hydrogen-bond acceptors (Lipinski definition) is 3. The average Bonchev–Trinajstić information content (AvgIpc) is 2.38. The Morgan fingerprint density at radius 3 is 2.67 bits per heavy atom. The molecule has 0 saturated heterocycles. The summed E-state index contributed by atoms with van der Waals surface area (Å²) in [6, 6.07) is 4.43. The zero-order valence-electron chi connectivity index (χ0n) is 11.9. The van der Waals surface area contributed by atoms with E-state index in [2.05, 4.69) is 10.6 Å². The van der Waals surface area contributed by atoms with Gasteiger partial charge in [-0.15, -0.1) is 0 Å². The summed E-state index contributed by atoms with van der Waals surface area (Å²) in [6.07, 6.45) is 0.136. The molecule has 0 aliphatic heterocycles. The summed E-state index contributed by atoms with van der Waals surface area (Å²) in [5, 5.41) is 6.34. The number of rotatable bonds is 6. The van der Waals surface area contributed by atoms with Gasteiger partial charge in [-0.2, -0.15) is 0 Å². The number of amides is 2. The highest BCUT2D eigenvalue weighted by Crippen LogP contribution is 2.25. The summed E-state index contributed by atoms with van der Waals surface area (Å²) in [5.74, 6) is -0.341.